The monoisotopic (exact) mass is 290 g/mol. The number of hydrogen-bond donors (Lipinski definition) is 1. The lowest BCUT2D eigenvalue weighted by Gasteiger charge is -2.39. The predicted molar refractivity (Wildman–Crippen MR) is 82.4 cm³/mol. The van der Waals surface area contributed by atoms with Crippen LogP contribution in [0.3, 0.4) is 0 Å². The Kier molecular flexibility index (Phi) is 4.50. The summed E-state index contributed by atoms with van der Waals surface area (Å²) in [7, 11) is 0. The van der Waals surface area contributed by atoms with Crippen molar-refractivity contribution in [2.24, 2.45) is 0 Å². The molecule has 2 rings (SSSR count). The molecule has 1 N–H and O–H groups in total. The van der Waals surface area contributed by atoms with Crippen LogP contribution < -0.4 is 10.2 Å². The second-order valence-corrected chi connectivity index (χ2v) is 5.73. The molecular formula is C16H22N2O3. The summed E-state index contributed by atoms with van der Waals surface area (Å²) >= 11 is 0. The van der Waals surface area contributed by atoms with Gasteiger partial charge in [0, 0.05) is 0 Å². The maximum atomic E-state index is 12.5. The van der Waals surface area contributed by atoms with Gasteiger partial charge in [0.15, 0.2) is 0 Å². The molecule has 0 aromatic heterocycles. The molecule has 114 valence electrons. The van der Waals surface area contributed by atoms with Crippen LogP contribution in [0.2, 0.25) is 0 Å². The van der Waals surface area contributed by atoms with Crippen LogP contribution in [-0.2, 0) is 14.3 Å². The highest BCUT2D eigenvalue weighted by Gasteiger charge is 2.39. The minimum absolute atomic E-state index is 0.0509. The number of fused-ring (bicyclic) bond motifs is 1. The van der Waals surface area contributed by atoms with Crippen molar-refractivity contribution in [3.63, 3.8) is 0 Å². The van der Waals surface area contributed by atoms with Gasteiger partial charge in [-0.2, -0.15) is 0 Å². The number of benzene rings is 1. The summed E-state index contributed by atoms with van der Waals surface area (Å²) in [6.45, 7) is 6.00. The molecule has 0 saturated carbocycles. The molecule has 5 heteroatoms. The number of unbranched alkanes of at least 4 members (excludes halogenated alkanes) is 1. The van der Waals surface area contributed by atoms with Gasteiger partial charge in [-0.3, -0.25) is 14.5 Å². The lowest BCUT2D eigenvalue weighted by Crippen LogP contribution is -2.55. The van der Waals surface area contributed by atoms with Crippen LogP contribution in [-0.4, -0.2) is 30.6 Å². The number of hydrogen-bond acceptors (Lipinski definition) is 4. The standard InChI is InChI=1S/C16H22N2O3/c1-4-5-10-21-14(19)11-18-13-9-7-6-8-12(13)17-16(2,3)15(18)20/h6-9,17H,4-5,10-11H2,1-3H3. The fourth-order valence-electron chi connectivity index (χ4n) is 2.31. The average Bonchev–Trinajstić information content (AvgIpc) is 2.44. The molecule has 0 fully saturated rings. The van der Waals surface area contributed by atoms with E-state index in [1.807, 2.05) is 31.2 Å². The number of anilines is 2. The van der Waals surface area contributed by atoms with Gasteiger partial charge in [0.2, 0.25) is 0 Å². The summed E-state index contributed by atoms with van der Waals surface area (Å²) in [6, 6.07) is 7.48. The Labute approximate surface area is 125 Å². The first-order valence-corrected chi connectivity index (χ1v) is 7.30. The van der Waals surface area contributed by atoms with Crippen LogP contribution >= 0.6 is 0 Å². The highest BCUT2D eigenvalue weighted by atomic mass is 16.5. The van der Waals surface area contributed by atoms with Gasteiger partial charge in [-0.25, -0.2) is 0 Å². The molecule has 0 atom stereocenters. The Bertz CT molecular complexity index is 540. The van der Waals surface area contributed by atoms with Crippen LogP contribution in [0.5, 0.6) is 0 Å². The highest BCUT2D eigenvalue weighted by Crippen LogP contribution is 2.34. The van der Waals surface area contributed by atoms with E-state index in [0.717, 1.165) is 18.5 Å². The van der Waals surface area contributed by atoms with E-state index in [1.54, 1.807) is 13.8 Å². The highest BCUT2D eigenvalue weighted by molar-refractivity contribution is 6.09. The molecule has 1 aliphatic heterocycles. The summed E-state index contributed by atoms with van der Waals surface area (Å²) in [5.74, 6) is -0.502. The molecular weight excluding hydrogens is 268 g/mol. The van der Waals surface area contributed by atoms with Gasteiger partial charge in [-0.15, -0.1) is 0 Å². The van der Waals surface area contributed by atoms with Crippen molar-refractivity contribution in [3.05, 3.63) is 24.3 Å². The first-order valence-electron chi connectivity index (χ1n) is 7.30. The third kappa shape index (κ3) is 3.35. The Morgan fingerprint density at radius 3 is 2.76 bits per heavy atom. The Morgan fingerprint density at radius 2 is 2.05 bits per heavy atom. The van der Waals surface area contributed by atoms with E-state index >= 15 is 0 Å². The number of nitrogens with one attached hydrogen (secondary N) is 1. The number of nitrogens with zero attached hydrogens (tertiary/aromatic N) is 1. The van der Waals surface area contributed by atoms with Crippen LogP contribution in [0.1, 0.15) is 33.6 Å². The maximum Gasteiger partial charge on any atom is 0.326 e. The van der Waals surface area contributed by atoms with E-state index in [0.29, 0.717) is 12.3 Å². The molecule has 0 spiro atoms. The molecule has 0 radical (unpaired) electrons. The third-order valence-electron chi connectivity index (χ3n) is 3.47. The molecule has 0 unspecified atom stereocenters. The Morgan fingerprint density at radius 1 is 1.33 bits per heavy atom. The molecule has 1 aliphatic rings. The van der Waals surface area contributed by atoms with E-state index in [1.165, 1.54) is 4.90 Å². The molecule has 1 amide bonds. The topological polar surface area (TPSA) is 58.6 Å². The molecule has 21 heavy (non-hydrogen) atoms. The summed E-state index contributed by atoms with van der Waals surface area (Å²) in [6.07, 6.45) is 1.80. The van der Waals surface area contributed by atoms with E-state index in [9.17, 15) is 9.59 Å². The maximum absolute atomic E-state index is 12.5. The van der Waals surface area contributed by atoms with Crippen molar-refractivity contribution in [1.82, 2.24) is 0 Å². The van der Waals surface area contributed by atoms with Crippen LogP contribution in [0.15, 0.2) is 24.3 Å². The van der Waals surface area contributed by atoms with E-state index in [-0.39, 0.29) is 18.4 Å². The van der Waals surface area contributed by atoms with Crippen molar-refractivity contribution in [2.75, 3.05) is 23.4 Å². The molecule has 5 nitrogen and oxygen atoms in total. The fraction of sp³-hybridized carbons (Fsp3) is 0.500. The van der Waals surface area contributed by atoms with Gasteiger partial charge in [0.05, 0.1) is 18.0 Å². The first-order chi connectivity index (χ1) is 9.95. The van der Waals surface area contributed by atoms with Gasteiger partial charge in [-0.1, -0.05) is 25.5 Å². The zero-order valence-electron chi connectivity index (χ0n) is 12.8. The number of ether oxygens (including phenoxy) is 1. The van der Waals surface area contributed by atoms with Gasteiger partial charge in [-0.05, 0) is 32.4 Å². The number of rotatable bonds is 5. The number of carbonyl (C=O) groups is 2. The molecule has 1 heterocycles. The average molecular weight is 290 g/mol. The zero-order chi connectivity index (χ0) is 15.5. The molecule has 0 saturated heterocycles. The lowest BCUT2D eigenvalue weighted by atomic mass is 9.98. The minimum Gasteiger partial charge on any atom is -0.464 e. The van der Waals surface area contributed by atoms with Gasteiger partial charge >= 0.3 is 5.97 Å². The first kappa shape index (κ1) is 15.4. The number of amides is 1. The third-order valence-corrected chi connectivity index (χ3v) is 3.47. The molecule has 1 aromatic carbocycles. The smallest absolute Gasteiger partial charge is 0.326 e. The Balaban J connectivity index is 2.17. The van der Waals surface area contributed by atoms with E-state index < -0.39 is 5.54 Å². The van der Waals surface area contributed by atoms with Crippen molar-refractivity contribution in [3.8, 4) is 0 Å². The predicted octanol–water partition coefficient (Wildman–Crippen LogP) is 2.57. The van der Waals surface area contributed by atoms with Gasteiger partial charge < -0.3 is 10.1 Å². The van der Waals surface area contributed by atoms with Crippen molar-refractivity contribution >= 4 is 23.3 Å². The van der Waals surface area contributed by atoms with E-state index in [2.05, 4.69) is 5.32 Å². The van der Waals surface area contributed by atoms with Crippen LogP contribution in [0.25, 0.3) is 0 Å². The molecule has 0 bridgehead atoms. The summed E-state index contributed by atoms with van der Waals surface area (Å²) in [5.41, 5.74) is 0.829. The van der Waals surface area contributed by atoms with E-state index in [4.69, 9.17) is 4.74 Å². The summed E-state index contributed by atoms with van der Waals surface area (Å²) < 4.78 is 5.16. The quantitative estimate of drug-likeness (QED) is 0.669. The lowest BCUT2D eigenvalue weighted by molar-refractivity contribution is -0.143. The van der Waals surface area contributed by atoms with Crippen molar-refractivity contribution in [1.29, 1.82) is 0 Å². The Hall–Kier alpha value is -2.04. The summed E-state index contributed by atoms with van der Waals surface area (Å²) in [5, 5.41) is 3.20. The van der Waals surface area contributed by atoms with Gasteiger partial charge in [0.1, 0.15) is 12.1 Å². The second-order valence-electron chi connectivity index (χ2n) is 5.73. The van der Waals surface area contributed by atoms with Crippen molar-refractivity contribution < 1.29 is 14.3 Å². The minimum atomic E-state index is -0.738. The summed E-state index contributed by atoms with van der Waals surface area (Å²) in [4.78, 5) is 25.9. The zero-order valence-corrected chi connectivity index (χ0v) is 12.8. The normalized spacial score (nSPS) is 16.1. The SMILES string of the molecule is CCCCOC(=O)CN1C(=O)C(C)(C)Nc2ccccc21. The molecule has 1 aromatic rings. The molecule has 0 aliphatic carbocycles. The second kappa shape index (κ2) is 6.16. The van der Waals surface area contributed by atoms with Crippen LogP contribution in [0, 0.1) is 0 Å². The number of carbonyl (C=O) groups excluding carboxylic acids is 2. The fourth-order valence-corrected chi connectivity index (χ4v) is 2.31. The number of esters is 1. The van der Waals surface area contributed by atoms with Crippen molar-refractivity contribution in [2.45, 2.75) is 39.2 Å². The number of para-hydroxylation sites is 2. The van der Waals surface area contributed by atoms with Gasteiger partial charge in [0.25, 0.3) is 5.91 Å². The van der Waals surface area contributed by atoms with Crippen LogP contribution in [0.4, 0.5) is 11.4 Å². The largest absolute Gasteiger partial charge is 0.464 e.